The van der Waals surface area contributed by atoms with Crippen LogP contribution >= 0.6 is 11.3 Å². The lowest BCUT2D eigenvalue weighted by molar-refractivity contribution is -0.141. The number of Topliss-reactive ketones (excluding diaryl/α,β-unsaturated/α-hetero) is 1. The van der Waals surface area contributed by atoms with Gasteiger partial charge in [-0.1, -0.05) is 6.92 Å². The highest BCUT2D eigenvalue weighted by molar-refractivity contribution is 7.20. The number of carbonyl (C=O) groups excluding carboxylic acids is 1. The Balaban J connectivity index is 2.33. The average molecular weight is 321 g/mol. The monoisotopic (exact) mass is 321 g/mol. The Morgan fingerprint density at radius 3 is 2.68 bits per heavy atom. The summed E-state index contributed by atoms with van der Waals surface area (Å²) in [5.74, 6) is -1.02. The van der Waals surface area contributed by atoms with E-state index in [0.717, 1.165) is 21.4 Å². The van der Waals surface area contributed by atoms with Crippen molar-refractivity contribution in [2.24, 2.45) is 11.7 Å². The van der Waals surface area contributed by atoms with E-state index in [-0.39, 0.29) is 12.2 Å². The number of hydrogen-bond acceptors (Lipinski definition) is 5. The molecule has 2 aromatic rings. The summed E-state index contributed by atoms with van der Waals surface area (Å²) in [5.41, 5.74) is 6.61. The van der Waals surface area contributed by atoms with E-state index in [1.807, 2.05) is 18.2 Å². The average Bonchev–Trinajstić information content (AvgIpc) is 2.89. The van der Waals surface area contributed by atoms with Gasteiger partial charge in [0.15, 0.2) is 5.78 Å². The number of fused-ring (bicyclic) bond motifs is 1. The number of ether oxygens (including phenoxy) is 1. The first kappa shape index (κ1) is 16.5. The predicted molar refractivity (Wildman–Crippen MR) is 86.9 cm³/mol. The molecule has 0 amide bonds. The summed E-state index contributed by atoms with van der Waals surface area (Å²) in [4.78, 5) is 23.6. The molecule has 1 unspecified atom stereocenters. The molecule has 0 aliphatic rings. The fourth-order valence-corrected chi connectivity index (χ4v) is 3.28. The van der Waals surface area contributed by atoms with Gasteiger partial charge in [0.1, 0.15) is 5.75 Å². The van der Waals surface area contributed by atoms with Gasteiger partial charge >= 0.3 is 5.97 Å². The Morgan fingerprint density at radius 2 is 2.09 bits per heavy atom. The van der Waals surface area contributed by atoms with Crippen LogP contribution < -0.4 is 10.5 Å². The Kier molecular flexibility index (Phi) is 5.15. The number of hydrogen-bond donors (Lipinski definition) is 2. The molecule has 0 saturated carbocycles. The van der Waals surface area contributed by atoms with Gasteiger partial charge < -0.3 is 15.6 Å². The third kappa shape index (κ3) is 3.45. The van der Waals surface area contributed by atoms with Gasteiger partial charge in [-0.3, -0.25) is 9.59 Å². The van der Waals surface area contributed by atoms with E-state index in [4.69, 9.17) is 15.6 Å². The Bertz CT molecular complexity index is 707. The molecule has 1 atom stereocenters. The van der Waals surface area contributed by atoms with Crippen LogP contribution in [0.5, 0.6) is 5.75 Å². The zero-order chi connectivity index (χ0) is 16.3. The molecule has 0 aliphatic heterocycles. The Hall–Kier alpha value is -1.92. The number of benzene rings is 1. The first-order chi connectivity index (χ1) is 10.5. The highest BCUT2D eigenvalue weighted by atomic mass is 32.1. The highest BCUT2D eigenvalue weighted by Crippen LogP contribution is 2.33. The molecule has 2 rings (SSSR count). The van der Waals surface area contributed by atoms with Gasteiger partial charge in [0, 0.05) is 11.1 Å². The van der Waals surface area contributed by atoms with Crippen molar-refractivity contribution in [1.82, 2.24) is 0 Å². The molecule has 3 N–H and O–H groups in total. The van der Waals surface area contributed by atoms with Crippen molar-refractivity contribution in [1.29, 1.82) is 0 Å². The zero-order valence-corrected chi connectivity index (χ0v) is 13.4. The van der Waals surface area contributed by atoms with Gasteiger partial charge in [-0.2, -0.15) is 0 Å². The maximum Gasteiger partial charge on any atom is 0.306 e. The van der Waals surface area contributed by atoms with E-state index in [1.165, 1.54) is 18.3 Å². The second-order valence-electron chi connectivity index (χ2n) is 5.22. The summed E-state index contributed by atoms with van der Waals surface area (Å²) in [6, 6.07) is 5.70. The van der Waals surface area contributed by atoms with Crippen LogP contribution in [0.2, 0.25) is 0 Å². The molecule has 1 heterocycles. The van der Waals surface area contributed by atoms with Crippen molar-refractivity contribution in [3.05, 3.63) is 28.6 Å². The van der Waals surface area contributed by atoms with E-state index in [9.17, 15) is 9.59 Å². The molecule has 0 fully saturated rings. The second-order valence-corrected chi connectivity index (χ2v) is 6.30. The summed E-state index contributed by atoms with van der Waals surface area (Å²) in [6.07, 6.45) is 0.712. The molecule has 0 spiro atoms. The van der Waals surface area contributed by atoms with Crippen LogP contribution in [0.15, 0.2) is 18.2 Å². The van der Waals surface area contributed by atoms with Crippen molar-refractivity contribution in [2.45, 2.75) is 19.8 Å². The number of carboxylic acids is 1. The summed E-state index contributed by atoms with van der Waals surface area (Å²) in [5, 5.41) is 9.86. The van der Waals surface area contributed by atoms with Crippen molar-refractivity contribution in [3.63, 3.8) is 0 Å². The number of aliphatic carboxylic acids is 1. The number of carboxylic acid groups (broad SMARTS) is 1. The molecule has 1 aromatic carbocycles. The number of thiophene rings is 1. The molecular weight excluding hydrogens is 302 g/mol. The van der Waals surface area contributed by atoms with Crippen LogP contribution in [0.25, 0.3) is 10.1 Å². The largest absolute Gasteiger partial charge is 0.496 e. The first-order valence-electron chi connectivity index (χ1n) is 7.02. The molecule has 0 aliphatic carbocycles. The lowest BCUT2D eigenvalue weighted by Gasteiger charge is -2.07. The molecule has 1 aromatic heterocycles. The second kappa shape index (κ2) is 6.89. The maximum absolute atomic E-state index is 12.2. The molecular formula is C16H19NO4S. The number of rotatable bonds is 7. The smallest absolute Gasteiger partial charge is 0.306 e. The van der Waals surface area contributed by atoms with Gasteiger partial charge in [-0.25, -0.2) is 0 Å². The van der Waals surface area contributed by atoms with E-state index in [2.05, 4.69) is 0 Å². The van der Waals surface area contributed by atoms with Crippen molar-refractivity contribution in [3.8, 4) is 5.75 Å². The van der Waals surface area contributed by atoms with Gasteiger partial charge in [-0.05, 0) is 42.1 Å². The standard InChI is InChI=1S/C16H19NO4S/c1-9(16(19)20)5-12(18)15-7-11-6-10(3-4-17)13(21-2)8-14(11)22-15/h6-9H,3-5,17H2,1-2H3,(H,19,20). The van der Waals surface area contributed by atoms with Crippen LogP contribution in [-0.4, -0.2) is 30.5 Å². The molecule has 0 bridgehead atoms. The molecule has 22 heavy (non-hydrogen) atoms. The summed E-state index contributed by atoms with van der Waals surface area (Å²) in [6.45, 7) is 2.06. The van der Waals surface area contributed by atoms with Gasteiger partial charge in [0.05, 0.1) is 17.9 Å². The van der Waals surface area contributed by atoms with Crippen LogP contribution in [-0.2, 0) is 11.2 Å². The van der Waals surface area contributed by atoms with Gasteiger partial charge in [-0.15, -0.1) is 11.3 Å². The van der Waals surface area contributed by atoms with E-state index in [1.54, 1.807) is 7.11 Å². The van der Waals surface area contributed by atoms with Crippen LogP contribution in [0.1, 0.15) is 28.6 Å². The molecule has 0 saturated heterocycles. The summed E-state index contributed by atoms with van der Waals surface area (Å²) < 4.78 is 6.31. The zero-order valence-electron chi connectivity index (χ0n) is 12.6. The minimum Gasteiger partial charge on any atom is -0.496 e. The maximum atomic E-state index is 12.2. The first-order valence-corrected chi connectivity index (χ1v) is 7.84. The Labute approximate surface area is 132 Å². The number of carbonyl (C=O) groups is 2. The predicted octanol–water partition coefficient (Wildman–Crippen LogP) is 2.70. The summed E-state index contributed by atoms with van der Waals surface area (Å²) in [7, 11) is 1.61. The normalized spacial score (nSPS) is 12.3. The number of methoxy groups -OCH3 is 1. The molecule has 118 valence electrons. The van der Waals surface area contributed by atoms with Gasteiger partial charge in [0.25, 0.3) is 0 Å². The summed E-state index contributed by atoms with van der Waals surface area (Å²) >= 11 is 1.36. The Morgan fingerprint density at radius 1 is 1.36 bits per heavy atom. The minimum atomic E-state index is -0.957. The van der Waals surface area contributed by atoms with Crippen molar-refractivity contribution in [2.75, 3.05) is 13.7 Å². The van der Waals surface area contributed by atoms with E-state index >= 15 is 0 Å². The van der Waals surface area contributed by atoms with Crippen LogP contribution in [0.4, 0.5) is 0 Å². The number of nitrogens with two attached hydrogens (primary N) is 1. The molecule has 0 radical (unpaired) electrons. The molecule has 6 heteroatoms. The third-order valence-corrected chi connectivity index (χ3v) is 4.66. The highest BCUT2D eigenvalue weighted by Gasteiger charge is 2.19. The lowest BCUT2D eigenvalue weighted by Crippen LogP contribution is -2.13. The van der Waals surface area contributed by atoms with E-state index in [0.29, 0.717) is 17.8 Å². The molecule has 5 nitrogen and oxygen atoms in total. The third-order valence-electron chi connectivity index (χ3n) is 3.52. The topological polar surface area (TPSA) is 89.6 Å². The fraction of sp³-hybridized carbons (Fsp3) is 0.375. The SMILES string of the molecule is COc1cc2sc(C(=O)CC(C)C(=O)O)cc2cc1CCN. The van der Waals surface area contributed by atoms with E-state index < -0.39 is 11.9 Å². The van der Waals surface area contributed by atoms with Gasteiger partial charge in [0.2, 0.25) is 0 Å². The van der Waals surface area contributed by atoms with Crippen LogP contribution in [0.3, 0.4) is 0 Å². The van der Waals surface area contributed by atoms with Crippen molar-refractivity contribution < 1.29 is 19.4 Å². The quantitative estimate of drug-likeness (QED) is 0.765. The van der Waals surface area contributed by atoms with Crippen LogP contribution in [0, 0.1) is 5.92 Å². The number of ketones is 1. The minimum absolute atomic E-state index is 0.00888. The van der Waals surface area contributed by atoms with Crippen molar-refractivity contribution >= 4 is 33.2 Å². The fourth-order valence-electron chi connectivity index (χ4n) is 2.26. The lowest BCUT2D eigenvalue weighted by atomic mass is 10.0.